The van der Waals surface area contributed by atoms with Gasteiger partial charge >= 0.3 is 0 Å². The second-order valence-electron chi connectivity index (χ2n) is 5.12. The fraction of sp³-hybridized carbons (Fsp3) is 0.250. The fourth-order valence-electron chi connectivity index (χ4n) is 2.29. The Morgan fingerprint density at radius 2 is 2.09 bits per heavy atom. The Morgan fingerprint density at radius 3 is 2.82 bits per heavy atom. The molecule has 0 aliphatic carbocycles. The van der Waals surface area contributed by atoms with Crippen LogP contribution in [-0.2, 0) is 11.8 Å². The third kappa shape index (κ3) is 2.67. The maximum atomic E-state index is 12.0. The first-order valence-corrected chi connectivity index (χ1v) is 6.93. The van der Waals surface area contributed by atoms with Crippen molar-refractivity contribution >= 4 is 17.8 Å². The number of amides is 1. The highest BCUT2D eigenvalue weighted by Crippen LogP contribution is 2.32. The molecule has 0 radical (unpaired) electrons. The zero-order valence-electron chi connectivity index (χ0n) is 12.7. The number of aryl methyl sites for hydroxylation is 2. The first kappa shape index (κ1) is 14.2. The summed E-state index contributed by atoms with van der Waals surface area (Å²) in [6, 6.07) is 5.54. The summed E-state index contributed by atoms with van der Waals surface area (Å²) in [5.41, 5.74) is 2.74. The number of anilines is 1. The van der Waals surface area contributed by atoms with Crippen LogP contribution < -0.4 is 14.8 Å². The highest BCUT2D eigenvalue weighted by molar-refractivity contribution is 6.01. The van der Waals surface area contributed by atoms with E-state index in [0.717, 1.165) is 22.6 Å². The summed E-state index contributed by atoms with van der Waals surface area (Å²) in [5, 5.41) is 7.11. The molecule has 114 valence electrons. The van der Waals surface area contributed by atoms with Crippen LogP contribution in [0.1, 0.15) is 16.8 Å². The van der Waals surface area contributed by atoms with Crippen LogP contribution in [-0.4, -0.2) is 22.5 Å². The lowest BCUT2D eigenvalue weighted by Gasteiger charge is -2.04. The predicted octanol–water partition coefficient (Wildman–Crippen LogP) is 2.42. The molecule has 0 spiro atoms. The molecule has 0 bridgehead atoms. The van der Waals surface area contributed by atoms with Crippen molar-refractivity contribution in [2.24, 2.45) is 7.05 Å². The summed E-state index contributed by atoms with van der Waals surface area (Å²) >= 11 is 0. The van der Waals surface area contributed by atoms with Gasteiger partial charge in [0.1, 0.15) is 5.82 Å². The Morgan fingerprint density at radius 1 is 1.32 bits per heavy atom. The van der Waals surface area contributed by atoms with E-state index in [1.807, 2.05) is 32.0 Å². The van der Waals surface area contributed by atoms with Gasteiger partial charge in [0.05, 0.1) is 5.69 Å². The zero-order chi connectivity index (χ0) is 15.7. The van der Waals surface area contributed by atoms with E-state index in [-0.39, 0.29) is 12.7 Å². The number of hydrogen-bond donors (Lipinski definition) is 1. The quantitative estimate of drug-likeness (QED) is 0.884. The number of benzene rings is 1. The SMILES string of the molecule is Cc1nn(C)c(NC(=O)/C=C/c2ccc3c(c2)OCO3)c1C. The minimum Gasteiger partial charge on any atom is -0.454 e. The van der Waals surface area contributed by atoms with Crippen LogP contribution >= 0.6 is 0 Å². The van der Waals surface area contributed by atoms with Crippen molar-refractivity contribution in [3.05, 3.63) is 41.1 Å². The van der Waals surface area contributed by atoms with E-state index in [4.69, 9.17) is 9.47 Å². The first-order chi connectivity index (χ1) is 10.5. The largest absolute Gasteiger partial charge is 0.454 e. The van der Waals surface area contributed by atoms with Crippen LogP contribution in [0.15, 0.2) is 24.3 Å². The van der Waals surface area contributed by atoms with Gasteiger partial charge in [-0.1, -0.05) is 6.07 Å². The van der Waals surface area contributed by atoms with E-state index in [9.17, 15) is 4.79 Å². The number of carbonyl (C=O) groups is 1. The molecule has 6 nitrogen and oxygen atoms in total. The molecule has 1 aromatic carbocycles. The van der Waals surface area contributed by atoms with E-state index in [1.165, 1.54) is 6.08 Å². The van der Waals surface area contributed by atoms with Crippen molar-refractivity contribution in [1.82, 2.24) is 9.78 Å². The number of rotatable bonds is 3. The normalized spacial score (nSPS) is 12.9. The molecule has 2 heterocycles. The minimum atomic E-state index is -0.205. The summed E-state index contributed by atoms with van der Waals surface area (Å²) in [7, 11) is 1.80. The fourth-order valence-corrected chi connectivity index (χ4v) is 2.29. The van der Waals surface area contributed by atoms with E-state index < -0.39 is 0 Å². The molecule has 22 heavy (non-hydrogen) atoms. The van der Waals surface area contributed by atoms with Gasteiger partial charge < -0.3 is 14.8 Å². The number of nitrogens with one attached hydrogen (secondary N) is 1. The Bertz CT molecular complexity index is 762. The summed E-state index contributed by atoms with van der Waals surface area (Å²) in [5.74, 6) is 1.92. The minimum absolute atomic E-state index is 0.205. The van der Waals surface area contributed by atoms with Crippen LogP contribution in [0.25, 0.3) is 6.08 Å². The molecule has 1 aliphatic heterocycles. The van der Waals surface area contributed by atoms with Gasteiger partial charge in [-0.15, -0.1) is 0 Å². The Kier molecular flexibility index (Phi) is 3.58. The Balaban J connectivity index is 1.71. The van der Waals surface area contributed by atoms with Gasteiger partial charge in [-0.25, -0.2) is 0 Å². The molecule has 0 unspecified atom stereocenters. The lowest BCUT2D eigenvalue weighted by Crippen LogP contribution is -2.12. The van der Waals surface area contributed by atoms with E-state index >= 15 is 0 Å². The van der Waals surface area contributed by atoms with Crippen LogP contribution in [0.2, 0.25) is 0 Å². The van der Waals surface area contributed by atoms with Gasteiger partial charge in [0.25, 0.3) is 0 Å². The zero-order valence-corrected chi connectivity index (χ0v) is 12.7. The average molecular weight is 299 g/mol. The summed E-state index contributed by atoms with van der Waals surface area (Å²) < 4.78 is 12.2. The third-order valence-corrected chi connectivity index (χ3v) is 3.59. The van der Waals surface area contributed by atoms with Gasteiger partial charge in [-0.2, -0.15) is 5.10 Å². The molecule has 1 aromatic heterocycles. The van der Waals surface area contributed by atoms with Gasteiger partial charge in [0.15, 0.2) is 11.5 Å². The second kappa shape index (κ2) is 5.55. The lowest BCUT2D eigenvalue weighted by atomic mass is 10.2. The van der Waals surface area contributed by atoms with Crippen LogP contribution in [0.5, 0.6) is 11.5 Å². The monoisotopic (exact) mass is 299 g/mol. The van der Waals surface area contributed by atoms with Gasteiger partial charge in [-0.05, 0) is 37.6 Å². The summed E-state index contributed by atoms with van der Waals surface area (Å²) in [6.07, 6.45) is 3.22. The van der Waals surface area contributed by atoms with Crippen LogP contribution in [0.4, 0.5) is 5.82 Å². The lowest BCUT2D eigenvalue weighted by molar-refractivity contribution is -0.111. The number of carbonyl (C=O) groups excluding carboxylic acids is 1. The summed E-state index contributed by atoms with van der Waals surface area (Å²) in [6.45, 7) is 4.08. The van der Waals surface area contributed by atoms with Gasteiger partial charge in [0.2, 0.25) is 12.7 Å². The Hall–Kier alpha value is -2.76. The molecule has 3 rings (SSSR count). The molecule has 0 saturated heterocycles. The molecule has 6 heteroatoms. The topological polar surface area (TPSA) is 65.4 Å². The van der Waals surface area contributed by atoms with Crippen molar-refractivity contribution in [3.63, 3.8) is 0 Å². The van der Waals surface area contributed by atoms with Gasteiger partial charge in [0, 0.05) is 18.7 Å². The molecule has 0 saturated carbocycles. The van der Waals surface area contributed by atoms with Crippen LogP contribution in [0, 0.1) is 13.8 Å². The first-order valence-electron chi connectivity index (χ1n) is 6.93. The van der Waals surface area contributed by atoms with Crippen LogP contribution in [0.3, 0.4) is 0 Å². The predicted molar refractivity (Wildman–Crippen MR) is 82.9 cm³/mol. The second-order valence-corrected chi connectivity index (χ2v) is 5.12. The molecular formula is C16H17N3O3. The van der Waals surface area contributed by atoms with E-state index in [1.54, 1.807) is 17.8 Å². The standard InChI is InChI=1S/C16H17N3O3/c1-10-11(2)18-19(3)16(10)17-15(20)7-5-12-4-6-13-14(8-12)22-9-21-13/h4-8H,9H2,1-3H3,(H,17,20)/b7-5+. The summed E-state index contributed by atoms with van der Waals surface area (Å²) in [4.78, 5) is 12.0. The van der Waals surface area contributed by atoms with E-state index in [0.29, 0.717) is 11.6 Å². The van der Waals surface area contributed by atoms with Crippen molar-refractivity contribution in [1.29, 1.82) is 0 Å². The number of nitrogens with zero attached hydrogens (tertiary/aromatic N) is 2. The smallest absolute Gasteiger partial charge is 0.249 e. The molecule has 1 aliphatic rings. The van der Waals surface area contributed by atoms with Crippen molar-refractivity contribution in [2.75, 3.05) is 12.1 Å². The third-order valence-electron chi connectivity index (χ3n) is 3.59. The molecule has 0 atom stereocenters. The maximum absolute atomic E-state index is 12.0. The van der Waals surface area contributed by atoms with Crippen molar-refractivity contribution in [3.8, 4) is 11.5 Å². The number of ether oxygens (including phenoxy) is 2. The maximum Gasteiger partial charge on any atom is 0.249 e. The highest BCUT2D eigenvalue weighted by Gasteiger charge is 2.13. The molecule has 0 fully saturated rings. The molecule has 1 amide bonds. The van der Waals surface area contributed by atoms with Crippen molar-refractivity contribution < 1.29 is 14.3 Å². The molecule has 1 N–H and O–H groups in total. The van der Waals surface area contributed by atoms with Gasteiger partial charge in [-0.3, -0.25) is 9.48 Å². The van der Waals surface area contributed by atoms with Crippen molar-refractivity contribution in [2.45, 2.75) is 13.8 Å². The molecule has 2 aromatic rings. The molecular weight excluding hydrogens is 282 g/mol. The van der Waals surface area contributed by atoms with E-state index in [2.05, 4.69) is 10.4 Å². The average Bonchev–Trinajstić information content (AvgIpc) is 3.05. The number of hydrogen-bond acceptors (Lipinski definition) is 4. The highest BCUT2D eigenvalue weighted by atomic mass is 16.7. The number of fused-ring (bicyclic) bond motifs is 1. The number of aromatic nitrogens is 2. The Labute approximate surface area is 128 Å².